The molecule has 94 valence electrons. The van der Waals surface area contributed by atoms with Crippen molar-refractivity contribution in [3.05, 3.63) is 41.4 Å². The Morgan fingerprint density at radius 2 is 2.11 bits per heavy atom. The Morgan fingerprint density at radius 1 is 1.28 bits per heavy atom. The first-order valence-corrected chi connectivity index (χ1v) is 7.23. The highest BCUT2D eigenvalue weighted by molar-refractivity contribution is 7.13. The van der Waals surface area contributed by atoms with Crippen LogP contribution in [0.4, 0.5) is 5.13 Å². The van der Waals surface area contributed by atoms with Crippen LogP contribution >= 0.6 is 11.3 Å². The zero-order valence-corrected chi connectivity index (χ0v) is 11.4. The number of rotatable bonds is 2. The van der Waals surface area contributed by atoms with E-state index >= 15 is 0 Å². The molecule has 4 heteroatoms. The van der Waals surface area contributed by atoms with E-state index in [0.717, 1.165) is 18.2 Å². The van der Waals surface area contributed by atoms with Crippen LogP contribution in [-0.4, -0.2) is 23.3 Å². The maximum absolute atomic E-state index is 4.19. The van der Waals surface area contributed by atoms with Crippen LogP contribution in [0.25, 0.3) is 0 Å². The molecule has 1 aromatic carbocycles. The number of hydrogen-bond acceptors (Lipinski definition) is 4. The van der Waals surface area contributed by atoms with E-state index in [-0.39, 0.29) is 5.41 Å². The Labute approximate surface area is 111 Å². The molecular weight excluding hydrogens is 242 g/mol. The van der Waals surface area contributed by atoms with Gasteiger partial charge in [-0.05, 0) is 18.4 Å². The minimum absolute atomic E-state index is 0.227. The molecule has 0 N–H and O–H groups in total. The Balaban J connectivity index is 1.85. The summed E-state index contributed by atoms with van der Waals surface area (Å²) < 4.78 is 0. The zero-order valence-electron chi connectivity index (χ0n) is 10.5. The van der Waals surface area contributed by atoms with Gasteiger partial charge < -0.3 is 4.90 Å². The van der Waals surface area contributed by atoms with Crippen LogP contribution in [0, 0.1) is 0 Å². The van der Waals surface area contributed by atoms with Crippen LogP contribution in [-0.2, 0) is 5.41 Å². The van der Waals surface area contributed by atoms with Crippen molar-refractivity contribution in [3.8, 4) is 0 Å². The van der Waals surface area contributed by atoms with Crippen LogP contribution in [0.3, 0.4) is 0 Å². The molecule has 1 aromatic heterocycles. The van der Waals surface area contributed by atoms with Gasteiger partial charge in [0.05, 0.1) is 0 Å². The molecule has 0 aliphatic carbocycles. The minimum Gasteiger partial charge on any atom is -0.346 e. The molecule has 1 aliphatic heterocycles. The summed E-state index contributed by atoms with van der Waals surface area (Å²) in [7, 11) is 0. The highest BCUT2D eigenvalue weighted by atomic mass is 32.1. The molecule has 0 unspecified atom stereocenters. The third-order valence-electron chi connectivity index (χ3n) is 3.79. The monoisotopic (exact) mass is 259 g/mol. The average molecular weight is 259 g/mol. The van der Waals surface area contributed by atoms with E-state index < -0.39 is 0 Å². The summed E-state index contributed by atoms with van der Waals surface area (Å²) in [5.74, 6) is 0. The van der Waals surface area contributed by atoms with Gasteiger partial charge in [-0.1, -0.05) is 48.6 Å². The van der Waals surface area contributed by atoms with Crippen LogP contribution in [0.5, 0.6) is 0 Å². The summed E-state index contributed by atoms with van der Waals surface area (Å²) in [6.45, 7) is 4.49. The lowest BCUT2D eigenvalue weighted by Gasteiger charge is -2.40. The molecule has 2 heterocycles. The number of hydrogen-bond donors (Lipinski definition) is 0. The summed E-state index contributed by atoms with van der Waals surface area (Å²) in [5.41, 5.74) is 3.47. The van der Waals surface area contributed by atoms with Crippen molar-refractivity contribution in [2.24, 2.45) is 0 Å². The van der Waals surface area contributed by atoms with Crippen molar-refractivity contribution in [1.29, 1.82) is 0 Å². The van der Waals surface area contributed by atoms with Gasteiger partial charge in [0, 0.05) is 18.5 Å². The number of aromatic nitrogens is 2. The average Bonchev–Trinajstić information content (AvgIpc) is 2.94. The molecule has 1 saturated heterocycles. The quantitative estimate of drug-likeness (QED) is 0.830. The number of nitrogens with zero attached hydrogens (tertiary/aromatic N) is 3. The predicted octanol–water partition coefficient (Wildman–Crippen LogP) is 3.10. The molecule has 0 radical (unpaired) electrons. The van der Waals surface area contributed by atoms with E-state index in [1.165, 1.54) is 18.4 Å². The second-order valence-electron chi connectivity index (χ2n) is 5.17. The van der Waals surface area contributed by atoms with Gasteiger partial charge in [0.1, 0.15) is 5.51 Å². The van der Waals surface area contributed by atoms with E-state index in [9.17, 15) is 0 Å². The topological polar surface area (TPSA) is 29.0 Å². The molecule has 1 fully saturated rings. The second kappa shape index (κ2) is 4.69. The summed E-state index contributed by atoms with van der Waals surface area (Å²) in [5, 5.41) is 9.19. The molecular formula is C14H17N3S. The van der Waals surface area contributed by atoms with E-state index in [1.54, 1.807) is 11.3 Å². The van der Waals surface area contributed by atoms with Crippen LogP contribution in [0.15, 0.2) is 35.8 Å². The largest absolute Gasteiger partial charge is 0.346 e. The molecule has 1 atom stereocenters. The fourth-order valence-electron chi connectivity index (χ4n) is 2.78. The first-order chi connectivity index (χ1) is 8.78. The maximum atomic E-state index is 4.19. The van der Waals surface area contributed by atoms with Gasteiger partial charge in [0.25, 0.3) is 0 Å². The van der Waals surface area contributed by atoms with E-state index in [4.69, 9.17) is 0 Å². The van der Waals surface area contributed by atoms with Crippen LogP contribution in [0.2, 0.25) is 0 Å². The molecule has 1 aliphatic rings. The predicted molar refractivity (Wildman–Crippen MR) is 75.2 cm³/mol. The number of anilines is 1. The molecule has 3 rings (SSSR count). The van der Waals surface area contributed by atoms with Crippen molar-refractivity contribution >= 4 is 16.5 Å². The van der Waals surface area contributed by atoms with Gasteiger partial charge in [0.15, 0.2) is 0 Å². The maximum Gasteiger partial charge on any atom is 0.208 e. The number of piperidine rings is 1. The summed E-state index contributed by atoms with van der Waals surface area (Å²) in [4.78, 5) is 2.37. The molecule has 3 nitrogen and oxygen atoms in total. The molecule has 0 bridgehead atoms. The van der Waals surface area contributed by atoms with Gasteiger partial charge in [0.2, 0.25) is 5.13 Å². The fraction of sp³-hybridized carbons (Fsp3) is 0.429. The van der Waals surface area contributed by atoms with Gasteiger partial charge in [-0.25, -0.2) is 0 Å². The second-order valence-corrected chi connectivity index (χ2v) is 5.98. The van der Waals surface area contributed by atoms with E-state index in [0.29, 0.717) is 0 Å². The Kier molecular flexibility index (Phi) is 3.04. The highest BCUT2D eigenvalue weighted by Crippen LogP contribution is 2.35. The lowest BCUT2D eigenvalue weighted by molar-refractivity contribution is 0.373. The van der Waals surface area contributed by atoms with E-state index in [1.807, 2.05) is 5.51 Å². The third kappa shape index (κ3) is 2.12. The lowest BCUT2D eigenvalue weighted by Crippen LogP contribution is -2.44. The standard InChI is InChI=1S/C14H17N3S/c1-14(12-6-3-2-4-7-12)8-5-9-17(10-14)13-16-15-11-18-13/h2-4,6-7,11H,5,8-10H2,1H3/t14-/m0/s1. The van der Waals surface area contributed by atoms with Crippen molar-refractivity contribution in [3.63, 3.8) is 0 Å². The van der Waals surface area contributed by atoms with Gasteiger partial charge in [-0.15, -0.1) is 10.2 Å². The fourth-order valence-corrected chi connectivity index (χ4v) is 3.37. The normalized spacial score (nSPS) is 24.2. The van der Waals surface area contributed by atoms with Crippen molar-refractivity contribution in [2.75, 3.05) is 18.0 Å². The van der Waals surface area contributed by atoms with Crippen molar-refractivity contribution < 1.29 is 0 Å². The first-order valence-electron chi connectivity index (χ1n) is 6.35. The van der Waals surface area contributed by atoms with Crippen molar-refractivity contribution in [2.45, 2.75) is 25.2 Å². The summed E-state index contributed by atoms with van der Waals surface area (Å²) >= 11 is 1.63. The van der Waals surface area contributed by atoms with Crippen LogP contribution in [0.1, 0.15) is 25.3 Å². The molecule has 0 saturated carbocycles. The Hall–Kier alpha value is -1.42. The van der Waals surface area contributed by atoms with Crippen LogP contribution < -0.4 is 4.90 Å². The number of benzene rings is 1. The third-order valence-corrected chi connectivity index (χ3v) is 4.54. The lowest BCUT2D eigenvalue weighted by atomic mass is 9.76. The first kappa shape index (κ1) is 11.7. The SMILES string of the molecule is C[C@]1(c2ccccc2)CCCN(c2nncs2)C1. The smallest absolute Gasteiger partial charge is 0.208 e. The molecule has 0 amide bonds. The summed E-state index contributed by atoms with van der Waals surface area (Å²) in [6, 6.07) is 10.8. The highest BCUT2D eigenvalue weighted by Gasteiger charge is 2.33. The van der Waals surface area contributed by atoms with Gasteiger partial charge in [-0.2, -0.15) is 0 Å². The van der Waals surface area contributed by atoms with E-state index in [2.05, 4.69) is 52.4 Å². The summed E-state index contributed by atoms with van der Waals surface area (Å²) in [6.07, 6.45) is 2.46. The molecule has 2 aromatic rings. The Bertz CT molecular complexity index is 497. The minimum atomic E-state index is 0.227. The molecule has 18 heavy (non-hydrogen) atoms. The van der Waals surface area contributed by atoms with Gasteiger partial charge in [-0.3, -0.25) is 0 Å². The molecule has 0 spiro atoms. The Morgan fingerprint density at radius 3 is 2.83 bits per heavy atom. The van der Waals surface area contributed by atoms with Gasteiger partial charge >= 0.3 is 0 Å². The zero-order chi connectivity index (χ0) is 12.4. The van der Waals surface area contributed by atoms with Crippen molar-refractivity contribution in [1.82, 2.24) is 10.2 Å².